The molecule has 126 valence electrons. The van der Waals surface area contributed by atoms with Gasteiger partial charge in [-0.25, -0.2) is 0 Å². The van der Waals surface area contributed by atoms with Crippen LogP contribution in [0, 0.1) is 29.1 Å². The standard InChI is InChI=1S/C18H20N2O3S/c1-10-6-7-11-14(9-19)17(24-15(11)8-10)20-16(21)12-4-2-3-5-13(12)18(22)23/h2-3,10,12-13H,4-8H2,1H3,(H,20,21)(H,22,23)/t10-,12+,13+/m1/s1. The summed E-state index contributed by atoms with van der Waals surface area (Å²) >= 11 is 1.47. The molecule has 2 aliphatic carbocycles. The number of amides is 1. The Morgan fingerprint density at radius 3 is 2.71 bits per heavy atom. The second-order valence-electron chi connectivity index (χ2n) is 6.65. The average Bonchev–Trinajstić information content (AvgIpc) is 2.90. The predicted molar refractivity (Wildman–Crippen MR) is 91.8 cm³/mol. The Morgan fingerprint density at radius 1 is 1.33 bits per heavy atom. The summed E-state index contributed by atoms with van der Waals surface area (Å²) in [7, 11) is 0. The number of hydrogen-bond donors (Lipinski definition) is 2. The number of nitrogens with zero attached hydrogens (tertiary/aromatic N) is 1. The Kier molecular flexibility index (Phi) is 4.72. The number of fused-ring (bicyclic) bond motifs is 1. The fraction of sp³-hybridized carbons (Fsp3) is 0.500. The molecule has 0 aromatic carbocycles. The summed E-state index contributed by atoms with van der Waals surface area (Å²) in [5.41, 5.74) is 1.63. The largest absolute Gasteiger partial charge is 0.481 e. The molecule has 3 rings (SSSR count). The number of nitrogens with one attached hydrogen (secondary N) is 1. The third-order valence-electron chi connectivity index (χ3n) is 4.95. The molecule has 1 amide bonds. The van der Waals surface area contributed by atoms with E-state index in [9.17, 15) is 20.0 Å². The van der Waals surface area contributed by atoms with E-state index in [0.29, 0.717) is 29.3 Å². The van der Waals surface area contributed by atoms with Crippen LogP contribution < -0.4 is 5.32 Å². The summed E-state index contributed by atoms with van der Waals surface area (Å²) in [6.45, 7) is 2.19. The van der Waals surface area contributed by atoms with Crippen LogP contribution in [0.15, 0.2) is 12.2 Å². The van der Waals surface area contributed by atoms with Crippen molar-refractivity contribution in [3.8, 4) is 6.07 Å². The lowest BCUT2D eigenvalue weighted by atomic mass is 9.82. The molecule has 5 nitrogen and oxygen atoms in total. The minimum atomic E-state index is -0.945. The number of carboxylic acid groups (broad SMARTS) is 1. The molecular formula is C18H20N2O3S. The molecular weight excluding hydrogens is 324 g/mol. The fourth-order valence-electron chi connectivity index (χ4n) is 3.54. The van der Waals surface area contributed by atoms with Crippen molar-refractivity contribution < 1.29 is 14.7 Å². The van der Waals surface area contributed by atoms with E-state index in [0.717, 1.165) is 24.8 Å². The molecule has 0 radical (unpaired) electrons. The number of allylic oxidation sites excluding steroid dienone is 2. The first-order chi connectivity index (χ1) is 11.5. The summed E-state index contributed by atoms with van der Waals surface area (Å²) in [6.07, 6.45) is 7.33. The van der Waals surface area contributed by atoms with Gasteiger partial charge in [-0.1, -0.05) is 19.1 Å². The molecule has 0 unspecified atom stereocenters. The number of anilines is 1. The predicted octanol–water partition coefficient (Wildman–Crippen LogP) is 3.35. The molecule has 2 N–H and O–H groups in total. The van der Waals surface area contributed by atoms with Gasteiger partial charge in [0.25, 0.3) is 0 Å². The van der Waals surface area contributed by atoms with E-state index >= 15 is 0 Å². The van der Waals surface area contributed by atoms with Gasteiger partial charge in [-0.2, -0.15) is 5.26 Å². The first-order valence-corrected chi connectivity index (χ1v) is 9.06. The molecule has 0 bridgehead atoms. The number of aliphatic carboxylic acids is 1. The second-order valence-corrected chi connectivity index (χ2v) is 7.76. The molecule has 24 heavy (non-hydrogen) atoms. The van der Waals surface area contributed by atoms with Crippen molar-refractivity contribution in [2.45, 2.75) is 39.0 Å². The number of nitriles is 1. The normalized spacial score (nSPS) is 25.6. The van der Waals surface area contributed by atoms with E-state index in [4.69, 9.17) is 0 Å². The molecule has 0 saturated carbocycles. The maximum atomic E-state index is 12.6. The zero-order valence-electron chi connectivity index (χ0n) is 13.5. The highest BCUT2D eigenvalue weighted by atomic mass is 32.1. The van der Waals surface area contributed by atoms with Crippen molar-refractivity contribution >= 4 is 28.2 Å². The Bertz CT molecular complexity index is 744. The monoisotopic (exact) mass is 344 g/mol. The van der Waals surface area contributed by atoms with E-state index < -0.39 is 17.8 Å². The molecule has 2 aliphatic rings. The van der Waals surface area contributed by atoms with Gasteiger partial charge in [0.05, 0.1) is 17.4 Å². The Morgan fingerprint density at radius 2 is 2.04 bits per heavy atom. The summed E-state index contributed by atoms with van der Waals surface area (Å²) < 4.78 is 0. The van der Waals surface area contributed by atoms with Crippen LogP contribution in [0.3, 0.4) is 0 Å². The second kappa shape index (κ2) is 6.78. The molecule has 3 atom stereocenters. The smallest absolute Gasteiger partial charge is 0.307 e. The third kappa shape index (κ3) is 3.09. The molecule has 0 saturated heterocycles. The highest BCUT2D eigenvalue weighted by Crippen LogP contribution is 2.39. The fourth-order valence-corrected chi connectivity index (χ4v) is 4.90. The van der Waals surface area contributed by atoms with E-state index in [1.54, 1.807) is 0 Å². The minimum absolute atomic E-state index is 0.296. The molecule has 1 heterocycles. The van der Waals surface area contributed by atoms with Gasteiger partial charge in [-0.3, -0.25) is 9.59 Å². The first-order valence-electron chi connectivity index (χ1n) is 8.24. The van der Waals surface area contributed by atoms with Crippen molar-refractivity contribution in [1.82, 2.24) is 0 Å². The van der Waals surface area contributed by atoms with Gasteiger partial charge in [0.1, 0.15) is 11.1 Å². The maximum absolute atomic E-state index is 12.6. The van der Waals surface area contributed by atoms with E-state index in [1.165, 1.54) is 16.2 Å². The van der Waals surface area contributed by atoms with Crippen LogP contribution in [0.1, 0.15) is 42.2 Å². The average molecular weight is 344 g/mol. The lowest BCUT2D eigenvalue weighted by molar-refractivity contribution is -0.146. The van der Waals surface area contributed by atoms with Gasteiger partial charge in [0.2, 0.25) is 5.91 Å². The van der Waals surface area contributed by atoms with E-state index in [2.05, 4.69) is 18.3 Å². The van der Waals surface area contributed by atoms with E-state index in [1.807, 2.05) is 12.2 Å². The van der Waals surface area contributed by atoms with Crippen LogP contribution in [-0.4, -0.2) is 17.0 Å². The molecule has 0 aliphatic heterocycles. The topological polar surface area (TPSA) is 90.2 Å². The van der Waals surface area contributed by atoms with Crippen molar-refractivity contribution in [2.24, 2.45) is 17.8 Å². The van der Waals surface area contributed by atoms with Gasteiger partial charge in [0, 0.05) is 4.88 Å². The third-order valence-corrected chi connectivity index (χ3v) is 6.12. The zero-order valence-corrected chi connectivity index (χ0v) is 14.4. The van der Waals surface area contributed by atoms with Crippen LogP contribution in [-0.2, 0) is 22.4 Å². The molecule has 0 spiro atoms. The number of rotatable bonds is 3. The van der Waals surface area contributed by atoms with Gasteiger partial charge in [0.15, 0.2) is 0 Å². The molecule has 6 heteroatoms. The quantitative estimate of drug-likeness (QED) is 0.823. The molecule has 0 fully saturated rings. The van der Waals surface area contributed by atoms with Crippen molar-refractivity contribution in [2.75, 3.05) is 5.32 Å². The van der Waals surface area contributed by atoms with E-state index in [-0.39, 0.29) is 5.91 Å². The van der Waals surface area contributed by atoms with Crippen LogP contribution in [0.25, 0.3) is 0 Å². The van der Waals surface area contributed by atoms with Crippen molar-refractivity contribution in [3.63, 3.8) is 0 Å². The van der Waals surface area contributed by atoms with Crippen LogP contribution in [0.2, 0.25) is 0 Å². The number of carbonyl (C=O) groups excluding carboxylic acids is 1. The first kappa shape index (κ1) is 16.7. The Hall–Kier alpha value is -2.13. The van der Waals surface area contributed by atoms with Crippen molar-refractivity contribution in [3.05, 3.63) is 28.2 Å². The van der Waals surface area contributed by atoms with Crippen LogP contribution in [0.4, 0.5) is 5.00 Å². The van der Waals surface area contributed by atoms with Crippen LogP contribution >= 0.6 is 11.3 Å². The summed E-state index contributed by atoms with van der Waals surface area (Å²) in [5.74, 6) is -1.94. The highest BCUT2D eigenvalue weighted by molar-refractivity contribution is 7.16. The Balaban J connectivity index is 1.83. The number of carbonyl (C=O) groups is 2. The van der Waals surface area contributed by atoms with Crippen LogP contribution in [0.5, 0.6) is 0 Å². The van der Waals surface area contributed by atoms with Gasteiger partial charge in [-0.15, -0.1) is 11.3 Å². The van der Waals surface area contributed by atoms with Crippen molar-refractivity contribution in [1.29, 1.82) is 5.26 Å². The van der Waals surface area contributed by atoms with Gasteiger partial charge < -0.3 is 10.4 Å². The van der Waals surface area contributed by atoms with Gasteiger partial charge in [-0.05, 0) is 43.6 Å². The number of hydrogen-bond acceptors (Lipinski definition) is 4. The molecule has 1 aromatic rings. The Labute approximate surface area is 145 Å². The van der Waals surface area contributed by atoms with Gasteiger partial charge >= 0.3 is 5.97 Å². The summed E-state index contributed by atoms with van der Waals surface area (Å²) in [5, 5.41) is 22.2. The maximum Gasteiger partial charge on any atom is 0.307 e. The minimum Gasteiger partial charge on any atom is -0.481 e. The number of carboxylic acids is 1. The zero-order chi connectivity index (χ0) is 17.3. The SMILES string of the molecule is C[C@@H]1CCc2c(sc(NC(=O)[C@H]3CC=CC[C@@H]3C(=O)O)c2C#N)C1. The summed E-state index contributed by atoms with van der Waals surface area (Å²) in [6, 6.07) is 2.23. The lowest BCUT2D eigenvalue weighted by Crippen LogP contribution is -2.34. The lowest BCUT2D eigenvalue weighted by Gasteiger charge is -2.23. The molecule has 1 aromatic heterocycles. The number of thiophene rings is 1. The highest BCUT2D eigenvalue weighted by Gasteiger charge is 2.35. The summed E-state index contributed by atoms with van der Waals surface area (Å²) in [4.78, 5) is 25.2.